The molecule has 0 aliphatic carbocycles. The Labute approximate surface area is 189 Å². The van der Waals surface area contributed by atoms with Crippen LogP contribution in [0.3, 0.4) is 0 Å². The fourth-order valence-electron chi connectivity index (χ4n) is 3.40. The van der Waals surface area contributed by atoms with E-state index in [-0.39, 0.29) is 6.61 Å². The molecular weight excluding hydrogens is 474 g/mol. The summed E-state index contributed by atoms with van der Waals surface area (Å²) in [5, 5.41) is 53.1. The Bertz CT molecular complexity index is 765. The van der Waals surface area contributed by atoms with Crippen LogP contribution in [0.4, 0.5) is 0 Å². The van der Waals surface area contributed by atoms with Crippen molar-refractivity contribution in [3.8, 4) is 0 Å². The number of aliphatic hydroxyl groups is 5. The molecule has 0 radical (unpaired) electrons. The van der Waals surface area contributed by atoms with Gasteiger partial charge in [0.15, 0.2) is 12.6 Å². The molecule has 7 N–H and O–H groups in total. The summed E-state index contributed by atoms with van der Waals surface area (Å²) >= 11 is 0. The molecule has 192 valence electrons. The van der Waals surface area contributed by atoms with Gasteiger partial charge in [-0.1, -0.05) is 6.08 Å². The number of ether oxygens (including phenoxy) is 4. The molecule has 2 heterocycles. The molecule has 2 fully saturated rings. The van der Waals surface area contributed by atoms with Crippen molar-refractivity contribution in [2.45, 2.75) is 68.3 Å². The first-order valence-electron chi connectivity index (χ1n) is 9.80. The van der Waals surface area contributed by atoms with Crippen LogP contribution in [0.1, 0.15) is 6.92 Å². The molecule has 2 rings (SSSR count). The number of amides is 1. The third-order valence-electron chi connectivity index (χ3n) is 4.94. The van der Waals surface area contributed by atoms with Crippen LogP contribution in [0, 0.1) is 0 Å². The second-order valence-corrected chi connectivity index (χ2v) is 8.48. The molecule has 1 amide bonds. The molecular formula is C17H29NO14S. The van der Waals surface area contributed by atoms with Crippen molar-refractivity contribution in [1.82, 2.24) is 5.32 Å². The Kier molecular flexibility index (Phi) is 10.1. The Morgan fingerprint density at radius 1 is 1.06 bits per heavy atom. The van der Waals surface area contributed by atoms with Gasteiger partial charge in [-0.2, -0.15) is 8.42 Å². The molecule has 0 bridgehead atoms. The standard InChI is InChI=1S/C17H29NO14S/c1-3-4-28-16-10(18-7(2)20)15(12(22)8(5-19)30-16)32-17-14(24)13(23)11(21)9(31-17)6-29-33(25,26)27/h3,8-17,19,21-24H,1,4-6H2,2H3,(H,18,20)(H,25,26,27)/t8-,9-,10-,11+,12+,13+,14-,15-,16+,17+/m1/s1. The quantitative estimate of drug-likeness (QED) is 0.111. The zero-order valence-electron chi connectivity index (χ0n) is 17.5. The van der Waals surface area contributed by atoms with Gasteiger partial charge in [-0.15, -0.1) is 6.58 Å². The lowest BCUT2D eigenvalue weighted by molar-refractivity contribution is -0.343. The van der Waals surface area contributed by atoms with Gasteiger partial charge >= 0.3 is 10.4 Å². The Morgan fingerprint density at radius 2 is 1.70 bits per heavy atom. The number of rotatable bonds is 10. The molecule has 0 aromatic heterocycles. The average Bonchev–Trinajstić information content (AvgIpc) is 2.73. The molecule has 15 nitrogen and oxygen atoms in total. The van der Waals surface area contributed by atoms with Crippen LogP contribution in [0.25, 0.3) is 0 Å². The minimum absolute atomic E-state index is 0.0375. The Hall–Kier alpha value is -1.28. The van der Waals surface area contributed by atoms with Crippen molar-refractivity contribution in [2.75, 3.05) is 19.8 Å². The predicted octanol–water partition coefficient (Wildman–Crippen LogP) is -4.22. The minimum Gasteiger partial charge on any atom is -0.394 e. The van der Waals surface area contributed by atoms with Gasteiger partial charge in [0.2, 0.25) is 5.91 Å². The van der Waals surface area contributed by atoms with E-state index in [2.05, 4.69) is 16.1 Å². The number of hydrogen-bond acceptors (Lipinski definition) is 13. The molecule has 10 atom stereocenters. The Morgan fingerprint density at radius 3 is 2.24 bits per heavy atom. The topological polar surface area (TPSA) is 231 Å². The fourth-order valence-corrected chi connectivity index (χ4v) is 3.70. The van der Waals surface area contributed by atoms with E-state index in [1.54, 1.807) is 0 Å². The summed E-state index contributed by atoms with van der Waals surface area (Å²) in [7, 11) is -4.91. The molecule has 0 aromatic rings. The molecule has 0 spiro atoms. The summed E-state index contributed by atoms with van der Waals surface area (Å²) in [6, 6.07) is -1.20. The molecule has 0 saturated carbocycles. The summed E-state index contributed by atoms with van der Waals surface area (Å²) in [5.41, 5.74) is 0. The lowest BCUT2D eigenvalue weighted by Crippen LogP contribution is -2.68. The number of carbonyl (C=O) groups excluding carboxylic acids is 1. The summed E-state index contributed by atoms with van der Waals surface area (Å²) in [4.78, 5) is 11.7. The van der Waals surface area contributed by atoms with E-state index in [0.717, 1.165) is 0 Å². The molecule has 0 aromatic carbocycles. The zero-order valence-corrected chi connectivity index (χ0v) is 18.4. The van der Waals surface area contributed by atoms with Crippen LogP contribution in [0.5, 0.6) is 0 Å². The van der Waals surface area contributed by atoms with Crippen molar-refractivity contribution in [3.05, 3.63) is 12.7 Å². The zero-order chi connectivity index (χ0) is 24.9. The van der Waals surface area contributed by atoms with Crippen LogP contribution in [0.2, 0.25) is 0 Å². The van der Waals surface area contributed by atoms with Crippen LogP contribution in [-0.4, -0.2) is 126 Å². The van der Waals surface area contributed by atoms with Gasteiger partial charge < -0.3 is 49.8 Å². The lowest BCUT2D eigenvalue weighted by atomic mass is 9.95. The van der Waals surface area contributed by atoms with Crippen molar-refractivity contribution in [2.24, 2.45) is 0 Å². The smallest absolute Gasteiger partial charge is 0.394 e. The maximum absolute atomic E-state index is 11.7. The third kappa shape index (κ3) is 7.35. The first-order chi connectivity index (χ1) is 15.4. The molecule has 2 aliphatic heterocycles. The molecule has 2 saturated heterocycles. The molecule has 16 heteroatoms. The highest BCUT2D eigenvalue weighted by atomic mass is 32.3. The van der Waals surface area contributed by atoms with E-state index >= 15 is 0 Å². The Balaban J connectivity index is 2.28. The highest BCUT2D eigenvalue weighted by molar-refractivity contribution is 7.80. The van der Waals surface area contributed by atoms with Crippen LogP contribution in [-0.2, 0) is 38.3 Å². The fraction of sp³-hybridized carbons (Fsp3) is 0.824. The maximum atomic E-state index is 11.7. The average molecular weight is 503 g/mol. The summed E-state index contributed by atoms with van der Waals surface area (Å²) in [6.45, 7) is 3.00. The van der Waals surface area contributed by atoms with Gasteiger partial charge in [0.25, 0.3) is 0 Å². The first-order valence-corrected chi connectivity index (χ1v) is 11.2. The van der Waals surface area contributed by atoms with Crippen LogP contribution >= 0.6 is 0 Å². The third-order valence-corrected chi connectivity index (χ3v) is 5.38. The number of carbonyl (C=O) groups is 1. The van der Waals surface area contributed by atoms with Gasteiger partial charge in [0, 0.05) is 6.92 Å². The first kappa shape index (κ1) is 28.0. The van der Waals surface area contributed by atoms with Crippen LogP contribution in [0.15, 0.2) is 12.7 Å². The van der Waals surface area contributed by atoms with E-state index in [1.165, 1.54) is 13.0 Å². The number of aliphatic hydroxyl groups excluding tert-OH is 5. The summed E-state index contributed by atoms with van der Waals surface area (Å²) < 4.78 is 56.4. The van der Waals surface area contributed by atoms with Crippen molar-refractivity contribution in [1.29, 1.82) is 0 Å². The minimum atomic E-state index is -4.91. The van der Waals surface area contributed by atoms with E-state index in [1.807, 2.05) is 0 Å². The van der Waals surface area contributed by atoms with Gasteiger partial charge in [-0.25, -0.2) is 4.18 Å². The lowest BCUT2D eigenvalue weighted by Gasteiger charge is -2.47. The normalized spacial score (nSPS) is 39.7. The SMILES string of the molecule is C=CCO[C@H]1O[C@H](CO)[C@H](O)[C@H](O[C@@H]2O[C@H](COS(=O)(=O)O)[C@H](O)[C@H](O)[C@H]2O)[C@H]1NC(C)=O. The molecule has 33 heavy (non-hydrogen) atoms. The van der Waals surface area contributed by atoms with E-state index in [0.29, 0.717) is 0 Å². The maximum Gasteiger partial charge on any atom is 0.397 e. The monoisotopic (exact) mass is 503 g/mol. The van der Waals surface area contributed by atoms with Gasteiger partial charge in [-0.3, -0.25) is 9.35 Å². The largest absolute Gasteiger partial charge is 0.397 e. The highest BCUT2D eigenvalue weighted by Gasteiger charge is 2.51. The second kappa shape index (κ2) is 11.9. The molecule has 0 unspecified atom stereocenters. The second-order valence-electron chi connectivity index (χ2n) is 7.39. The number of nitrogens with one attached hydrogen (secondary N) is 1. The van der Waals surface area contributed by atoms with Gasteiger partial charge in [0.1, 0.15) is 48.8 Å². The van der Waals surface area contributed by atoms with E-state index < -0.39 is 90.9 Å². The van der Waals surface area contributed by atoms with Crippen molar-refractivity contribution < 1.29 is 66.4 Å². The molecule has 2 aliphatic rings. The summed E-state index contributed by atoms with van der Waals surface area (Å²) in [6.07, 6.45) is -13.2. The van der Waals surface area contributed by atoms with Crippen molar-refractivity contribution >= 4 is 16.3 Å². The summed E-state index contributed by atoms with van der Waals surface area (Å²) in [5.74, 6) is -0.570. The number of hydrogen-bond donors (Lipinski definition) is 7. The highest BCUT2D eigenvalue weighted by Crippen LogP contribution is 2.30. The van der Waals surface area contributed by atoms with Gasteiger partial charge in [-0.05, 0) is 0 Å². The van der Waals surface area contributed by atoms with Crippen LogP contribution < -0.4 is 5.32 Å². The van der Waals surface area contributed by atoms with Gasteiger partial charge in [0.05, 0.1) is 19.8 Å². The predicted molar refractivity (Wildman–Crippen MR) is 105 cm³/mol. The van der Waals surface area contributed by atoms with Crippen molar-refractivity contribution in [3.63, 3.8) is 0 Å². The van der Waals surface area contributed by atoms with E-state index in [4.69, 9.17) is 23.5 Å². The van der Waals surface area contributed by atoms with E-state index in [9.17, 15) is 38.7 Å².